The maximum absolute atomic E-state index is 11.5. The Labute approximate surface area is 97.7 Å². The number of rotatable bonds is 3. The number of terminal acetylenes is 1. The lowest BCUT2D eigenvalue weighted by Crippen LogP contribution is -2.50. The zero-order valence-electron chi connectivity index (χ0n) is 10.9. The molecule has 92 valence electrons. The molecule has 4 nitrogen and oxygen atoms in total. The van der Waals surface area contributed by atoms with E-state index in [0.717, 1.165) is 0 Å². The molecular formula is C12H21NO3. The van der Waals surface area contributed by atoms with Crippen molar-refractivity contribution < 1.29 is 14.3 Å². The molecule has 0 fully saturated rings. The molecule has 0 aromatic carbocycles. The Morgan fingerprint density at radius 3 is 2.12 bits per heavy atom. The number of hydrogen-bond acceptors (Lipinski definition) is 3. The molecule has 0 rings (SSSR count). The van der Waals surface area contributed by atoms with Crippen LogP contribution in [0, 0.1) is 12.3 Å². The van der Waals surface area contributed by atoms with Gasteiger partial charge < -0.3 is 14.8 Å². The molecule has 16 heavy (non-hydrogen) atoms. The Balaban J connectivity index is 4.48. The van der Waals surface area contributed by atoms with E-state index >= 15 is 0 Å². The zero-order chi connectivity index (χ0) is 13.0. The van der Waals surface area contributed by atoms with E-state index in [0.29, 0.717) is 0 Å². The van der Waals surface area contributed by atoms with Gasteiger partial charge in [-0.1, -0.05) is 5.92 Å². The first-order valence-corrected chi connectivity index (χ1v) is 5.13. The summed E-state index contributed by atoms with van der Waals surface area (Å²) in [6.07, 6.45) is 4.81. The van der Waals surface area contributed by atoms with E-state index in [9.17, 15) is 4.79 Å². The highest BCUT2D eigenvalue weighted by Gasteiger charge is 2.30. The molecule has 0 aliphatic carbocycles. The summed E-state index contributed by atoms with van der Waals surface area (Å²) in [5.74, 6) is 2.47. The fourth-order valence-corrected chi connectivity index (χ4v) is 0.959. The van der Waals surface area contributed by atoms with E-state index in [1.54, 1.807) is 41.7 Å². The predicted octanol–water partition coefficient (Wildman–Crippen LogP) is 1.94. The molecular weight excluding hydrogens is 206 g/mol. The highest BCUT2D eigenvalue weighted by Crippen LogP contribution is 2.14. The minimum atomic E-state index is -0.633. The van der Waals surface area contributed by atoms with Crippen LogP contribution in [-0.2, 0) is 9.47 Å². The molecule has 0 saturated carbocycles. The van der Waals surface area contributed by atoms with Crippen molar-refractivity contribution in [1.82, 2.24) is 5.32 Å². The van der Waals surface area contributed by atoms with Crippen molar-refractivity contribution in [3.63, 3.8) is 0 Å². The van der Waals surface area contributed by atoms with E-state index in [-0.39, 0.29) is 0 Å². The lowest BCUT2D eigenvalue weighted by atomic mass is 10.00. The van der Waals surface area contributed by atoms with Crippen LogP contribution in [0.1, 0.15) is 34.6 Å². The summed E-state index contributed by atoms with van der Waals surface area (Å²) >= 11 is 0. The molecule has 0 spiro atoms. The molecule has 0 aromatic heterocycles. The van der Waals surface area contributed by atoms with Crippen LogP contribution < -0.4 is 5.32 Å². The van der Waals surface area contributed by atoms with Crippen LogP contribution in [0.5, 0.6) is 0 Å². The number of methoxy groups -OCH3 is 1. The third kappa shape index (κ3) is 5.04. The van der Waals surface area contributed by atoms with Crippen molar-refractivity contribution in [2.24, 2.45) is 0 Å². The standard InChI is InChI=1S/C12H21NO3/c1-8-9(12(5,6)15-7)13-10(14)16-11(2,3)4/h1,9H,2-7H3,(H,13,14). The number of amides is 1. The van der Waals surface area contributed by atoms with Gasteiger partial charge in [0.05, 0.1) is 5.60 Å². The van der Waals surface area contributed by atoms with Crippen molar-refractivity contribution in [3.05, 3.63) is 0 Å². The van der Waals surface area contributed by atoms with Gasteiger partial charge in [-0.05, 0) is 34.6 Å². The van der Waals surface area contributed by atoms with Gasteiger partial charge in [0.2, 0.25) is 0 Å². The molecule has 0 heterocycles. The average molecular weight is 227 g/mol. The fourth-order valence-electron chi connectivity index (χ4n) is 0.959. The summed E-state index contributed by atoms with van der Waals surface area (Å²) < 4.78 is 10.3. The quantitative estimate of drug-likeness (QED) is 0.749. The van der Waals surface area contributed by atoms with Crippen molar-refractivity contribution >= 4 is 6.09 Å². The second-order valence-electron chi connectivity index (χ2n) is 5.05. The van der Waals surface area contributed by atoms with Crippen LogP contribution in [0.15, 0.2) is 0 Å². The number of alkyl carbamates (subject to hydrolysis) is 1. The second-order valence-corrected chi connectivity index (χ2v) is 5.05. The van der Waals surface area contributed by atoms with Gasteiger partial charge in [0, 0.05) is 7.11 Å². The Morgan fingerprint density at radius 1 is 1.31 bits per heavy atom. The Morgan fingerprint density at radius 2 is 1.81 bits per heavy atom. The molecule has 0 aliphatic rings. The first kappa shape index (κ1) is 14.8. The zero-order valence-corrected chi connectivity index (χ0v) is 10.9. The number of carbonyl (C=O) groups is 1. The van der Waals surface area contributed by atoms with Gasteiger partial charge in [-0.3, -0.25) is 0 Å². The monoisotopic (exact) mass is 227 g/mol. The second kappa shape index (κ2) is 5.22. The van der Waals surface area contributed by atoms with Gasteiger partial charge in [-0.15, -0.1) is 6.42 Å². The highest BCUT2D eigenvalue weighted by atomic mass is 16.6. The summed E-state index contributed by atoms with van der Waals surface area (Å²) in [6, 6.07) is -0.535. The van der Waals surface area contributed by atoms with E-state index in [2.05, 4.69) is 11.2 Å². The minimum absolute atomic E-state index is 0.535. The number of ether oxygens (including phenoxy) is 2. The minimum Gasteiger partial charge on any atom is -0.444 e. The SMILES string of the molecule is C#CC(NC(=O)OC(C)(C)C)C(C)(C)OC. The molecule has 0 saturated heterocycles. The van der Waals surface area contributed by atoms with Crippen LogP contribution in [0.4, 0.5) is 4.79 Å². The summed E-state index contributed by atoms with van der Waals surface area (Å²) in [5, 5.41) is 2.59. The normalized spacial score (nSPS) is 13.8. The molecule has 1 atom stereocenters. The Hall–Kier alpha value is -1.21. The van der Waals surface area contributed by atoms with Gasteiger partial charge >= 0.3 is 6.09 Å². The topological polar surface area (TPSA) is 47.6 Å². The van der Waals surface area contributed by atoms with Gasteiger partial charge in [0.25, 0.3) is 0 Å². The molecule has 0 aromatic rings. The Bertz CT molecular complexity index is 284. The smallest absolute Gasteiger partial charge is 0.408 e. The summed E-state index contributed by atoms with van der Waals surface area (Å²) in [4.78, 5) is 11.5. The molecule has 1 unspecified atom stereocenters. The molecule has 1 N–H and O–H groups in total. The summed E-state index contributed by atoms with van der Waals surface area (Å²) in [7, 11) is 1.54. The number of nitrogens with one attached hydrogen (secondary N) is 1. The van der Waals surface area contributed by atoms with Crippen LogP contribution >= 0.6 is 0 Å². The molecule has 0 radical (unpaired) electrons. The van der Waals surface area contributed by atoms with Crippen LogP contribution in [0.2, 0.25) is 0 Å². The lowest BCUT2D eigenvalue weighted by molar-refractivity contribution is -0.00197. The first-order chi connectivity index (χ1) is 7.12. The lowest BCUT2D eigenvalue weighted by Gasteiger charge is -2.30. The van der Waals surface area contributed by atoms with Gasteiger partial charge in [-0.25, -0.2) is 4.79 Å². The van der Waals surface area contributed by atoms with E-state index < -0.39 is 23.3 Å². The fraction of sp³-hybridized carbons (Fsp3) is 0.750. The Kier molecular flexibility index (Phi) is 4.82. The van der Waals surface area contributed by atoms with Crippen LogP contribution in [0.3, 0.4) is 0 Å². The average Bonchev–Trinajstić information content (AvgIpc) is 2.11. The predicted molar refractivity (Wildman–Crippen MR) is 63.1 cm³/mol. The van der Waals surface area contributed by atoms with Crippen molar-refractivity contribution in [2.45, 2.75) is 51.9 Å². The van der Waals surface area contributed by atoms with Crippen LogP contribution in [0.25, 0.3) is 0 Å². The highest BCUT2D eigenvalue weighted by molar-refractivity contribution is 5.68. The molecule has 4 heteroatoms. The van der Waals surface area contributed by atoms with E-state index in [1.807, 2.05) is 0 Å². The maximum atomic E-state index is 11.5. The molecule has 1 amide bonds. The summed E-state index contributed by atoms with van der Waals surface area (Å²) in [6.45, 7) is 8.97. The number of carbonyl (C=O) groups excluding carboxylic acids is 1. The largest absolute Gasteiger partial charge is 0.444 e. The van der Waals surface area contributed by atoms with Crippen LogP contribution in [-0.4, -0.2) is 30.4 Å². The molecule has 0 aliphatic heterocycles. The first-order valence-electron chi connectivity index (χ1n) is 5.13. The third-order valence-electron chi connectivity index (χ3n) is 2.05. The third-order valence-corrected chi connectivity index (χ3v) is 2.05. The number of hydrogen-bond donors (Lipinski definition) is 1. The van der Waals surface area contributed by atoms with Gasteiger partial charge in [0.15, 0.2) is 0 Å². The van der Waals surface area contributed by atoms with E-state index in [1.165, 1.54) is 0 Å². The maximum Gasteiger partial charge on any atom is 0.408 e. The molecule has 0 bridgehead atoms. The van der Waals surface area contributed by atoms with Crippen molar-refractivity contribution in [1.29, 1.82) is 0 Å². The van der Waals surface area contributed by atoms with Gasteiger partial charge in [0.1, 0.15) is 11.6 Å². The van der Waals surface area contributed by atoms with Crippen molar-refractivity contribution in [3.8, 4) is 12.3 Å². The van der Waals surface area contributed by atoms with E-state index in [4.69, 9.17) is 15.9 Å². The summed E-state index contributed by atoms with van der Waals surface area (Å²) in [5.41, 5.74) is -1.17. The van der Waals surface area contributed by atoms with Gasteiger partial charge in [-0.2, -0.15) is 0 Å². The van der Waals surface area contributed by atoms with Crippen molar-refractivity contribution in [2.75, 3.05) is 7.11 Å².